The topological polar surface area (TPSA) is 118 Å². The summed E-state index contributed by atoms with van der Waals surface area (Å²) in [5.74, 6) is 0.948. The Balaban J connectivity index is 1.98. The van der Waals surface area contributed by atoms with E-state index in [1.165, 1.54) is 18.3 Å². The molecule has 41 heavy (non-hydrogen) atoms. The lowest BCUT2D eigenvalue weighted by Gasteiger charge is -2.26. The van der Waals surface area contributed by atoms with E-state index in [4.69, 9.17) is 14.2 Å². The third-order valence-corrected chi connectivity index (χ3v) is 5.99. The summed E-state index contributed by atoms with van der Waals surface area (Å²) in [5, 5.41) is 5.99. The molecule has 1 aromatic heterocycles. The first-order chi connectivity index (χ1) is 19.6. The van der Waals surface area contributed by atoms with Crippen molar-refractivity contribution in [2.45, 2.75) is 20.0 Å². The minimum Gasteiger partial charge on any atom is -0.497 e. The number of anilines is 4. The number of carbonyl (C=O) groups is 2. The Morgan fingerprint density at radius 2 is 1.76 bits per heavy atom. The van der Waals surface area contributed by atoms with Gasteiger partial charge >= 0.3 is 0 Å². The van der Waals surface area contributed by atoms with Gasteiger partial charge in [0.25, 0.3) is 0 Å². The number of ether oxygens (including phenoxy) is 3. The molecule has 0 atom stereocenters. The highest BCUT2D eigenvalue weighted by atomic mass is 16.5. The van der Waals surface area contributed by atoms with E-state index >= 15 is 0 Å². The summed E-state index contributed by atoms with van der Waals surface area (Å²) < 4.78 is 16.8. The number of ketones is 1. The Morgan fingerprint density at radius 1 is 1.00 bits per heavy atom. The number of nitrogens with one attached hydrogen (secondary N) is 2. The quantitative estimate of drug-likeness (QED) is 0.216. The molecule has 0 saturated heterocycles. The highest BCUT2D eigenvalue weighted by Gasteiger charge is 2.20. The van der Waals surface area contributed by atoms with Crippen molar-refractivity contribution in [3.05, 3.63) is 66.5 Å². The number of hydrogen-bond donors (Lipinski definition) is 2. The normalized spacial score (nSPS) is 10.8. The van der Waals surface area contributed by atoms with Gasteiger partial charge in [0.1, 0.15) is 22.9 Å². The Labute approximate surface area is 241 Å². The van der Waals surface area contributed by atoms with Gasteiger partial charge in [0.05, 0.1) is 42.9 Å². The maximum absolute atomic E-state index is 13.5. The van der Waals surface area contributed by atoms with Crippen LogP contribution in [-0.4, -0.2) is 81.1 Å². The van der Waals surface area contributed by atoms with E-state index in [1.54, 1.807) is 38.5 Å². The summed E-state index contributed by atoms with van der Waals surface area (Å²) in [7, 11) is 9.02. The standard InChI is InChI=1S/C30H38N6O5/c1-9-28(37)32-23-17-24(27(40-8)18-25(23)36(6)15-14-35(4)5)34-30-31-13-12-22(33-30)29(38)21-11-10-20(39-7)16-26(21)41-19(2)3/h9-13,16-19H,1,14-15H2,2-8H3,(H,32,37)(H,31,33,34). The van der Waals surface area contributed by atoms with Crippen LogP contribution in [0.15, 0.2) is 55.3 Å². The van der Waals surface area contributed by atoms with Crippen LogP contribution in [0, 0.1) is 0 Å². The summed E-state index contributed by atoms with van der Waals surface area (Å²) >= 11 is 0. The van der Waals surface area contributed by atoms with Crippen LogP contribution in [0.25, 0.3) is 0 Å². The number of hydrogen-bond acceptors (Lipinski definition) is 10. The van der Waals surface area contributed by atoms with E-state index < -0.39 is 0 Å². The van der Waals surface area contributed by atoms with Gasteiger partial charge < -0.3 is 34.6 Å². The van der Waals surface area contributed by atoms with Gasteiger partial charge in [-0.1, -0.05) is 6.58 Å². The van der Waals surface area contributed by atoms with Gasteiger partial charge in [0, 0.05) is 38.5 Å². The zero-order chi connectivity index (χ0) is 30.1. The Morgan fingerprint density at radius 3 is 2.39 bits per heavy atom. The molecule has 0 aliphatic heterocycles. The second kappa shape index (κ2) is 14.1. The third kappa shape index (κ3) is 8.18. The molecule has 11 heteroatoms. The molecule has 0 radical (unpaired) electrons. The molecule has 218 valence electrons. The molecule has 0 aliphatic rings. The average molecular weight is 563 g/mol. The van der Waals surface area contributed by atoms with Gasteiger partial charge in [-0.25, -0.2) is 9.97 Å². The van der Waals surface area contributed by atoms with Crippen molar-refractivity contribution >= 4 is 34.7 Å². The minimum atomic E-state index is -0.355. The highest BCUT2D eigenvalue weighted by molar-refractivity contribution is 6.09. The number of nitrogens with zero attached hydrogens (tertiary/aromatic N) is 4. The van der Waals surface area contributed by atoms with Gasteiger partial charge in [-0.15, -0.1) is 0 Å². The molecule has 0 bridgehead atoms. The maximum Gasteiger partial charge on any atom is 0.247 e. The fourth-order valence-corrected chi connectivity index (χ4v) is 3.88. The second-order valence-electron chi connectivity index (χ2n) is 9.74. The van der Waals surface area contributed by atoms with E-state index in [0.29, 0.717) is 40.7 Å². The molecule has 3 rings (SSSR count). The van der Waals surface area contributed by atoms with Crippen LogP contribution in [0.4, 0.5) is 23.0 Å². The van der Waals surface area contributed by atoms with Crippen molar-refractivity contribution < 1.29 is 23.8 Å². The molecule has 0 saturated carbocycles. The van der Waals surface area contributed by atoms with Gasteiger partial charge in [-0.05, 0) is 58.3 Å². The van der Waals surface area contributed by atoms with Crippen molar-refractivity contribution in [1.82, 2.24) is 14.9 Å². The van der Waals surface area contributed by atoms with Crippen molar-refractivity contribution in [2.24, 2.45) is 0 Å². The smallest absolute Gasteiger partial charge is 0.247 e. The Bertz CT molecular complexity index is 1390. The first-order valence-electron chi connectivity index (χ1n) is 13.1. The summed E-state index contributed by atoms with van der Waals surface area (Å²) in [6, 6.07) is 10.1. The van der Waals surface area contributed by atoms with Gasteiger partial charge in [-0.3, -0.25) is 9.59 Å². The van der Waals surface area contributed by atoms with Crippen LogP contribution in [0.2, 0.25) is 0 Å². The lowest BCUT2D eigenvalue weighted by atomic mass is 10.1. The molecule has 3 aromatic rings. The molecule has 0 fully saturated rings. The predicted molar refractivity (Wildman–Crippen MR) is 161 cm³/mol. The van der Waals surface area contributed by atoms with Crippen LogP contribution in [0.3, 0.4) is 0 Å². The number of likely N-dealkylation sites (N-methyl/N-ethyl adjacent to an activating group) is 2. The van der Waals surface area contributed by atoms with Crippen molar-refractivity contribution in [3.8, 4) is 17.2 Å². The zero-order valence-electron chi connectivity index (χ0n) is 24.6. The van der Waals surface area contributed by atoms with Crippen LogP contribution >= 0.6 is 0 Å². The molecule has 0 aliphatic carbocycles. The number of benzene rings is 2. The van der Waals surface area contributed by atoms with Crippen molar-refractivity contribution in [2.75, 3.05) is 64.0 Å². The maximum atomic E-state index is 13.5. The average Bonchev–Trinajstić information content (AvgIpc) is 2.95. The molecule has 0 spiro atoms. The lowest BCUT2D eigenvalue weighted by Crippen LogP contribution is -2.29. The van der Waals surface area contributed by atoms with Crippen LogP contribution in [0.5, 0.6) is 17.2 Å². The molecule has 1 heterocycles. The number of rotatable bonds is 14. The largest absolute Gasteiger partial charge is 0.497 e. The Kier molecular flexibility index (Phi) is 10.6. The molecule has 0 unspecified atom stereocenters. The van der Waals surface area contributed by atoms with Crippen molar-refractivity contribution in [1.29, 1.82) is 0 Å². The summed E-state index contributed by atoms with van der Waals surface area (Å²) in [6.07, 6.45) is 2.55. The van der Waals surface area contributed by atoms with Crippen LogP contribution in [0.1, 0.15) is 29.9 Å². The monoisotopic (exact) mass is 562 g/mol. The first-order valence-corrected chi connectivity index (χ1v) is 13.1. The highest BCUT2D eigenvalue weighted by Crippen LogP contribution is 2.38. The SMILES string of the molecule is C=CC(=O)Nc1cc(Nc2nccc(C(=O)c3ccc(OC)cc3OC(C)C)n2)c(OC)cc1N(C)CCN(C)C. The van der Waals surface area contributed by atoms with Gasteiger partial charge in [0.2, 0.25) is 17.6 Å². The molecule has 2 aromatic carbocycles. The predicted octanol–water partition coefficient (Wildman–Crippen LogP) is 4.38. The van der Waals surface area contributed by atoms with Crippen LogP contribution < -0.4 is 29.7 Å². The number of aromatic nitrogens is 2. The van der Waals surface area contributed by atoms with Gasteiger partial charge in [0.15, 0.2) is 0 Å². The lowest BCUT2D eigenvalue weighted by molar-refractivity contribution is -0.111. The number of methoxy groups -OCH3 is 2. The summed E-state index contributed by atoms with van der Waals surface area (Å²) in [5.41, 5.74) is 2.31. The molecule has 11 nitrogen and oxygen atoms in total. The summed E-state index contributed by atoms with van der Waals surface area (Å²) in [4.78, 5) is 38.6. The molecular formula is C30H38N6O5. The number of amides is 1. The van der Waals surface area contributed by atoms with E-state index in [9.17, 15) is 9.59 Å². The molecule has 1 amide bonds. The first kappa shape index (κ1) is 30.9. The van der Waals surface area contributed by atoms with E-state index in [-0.39, 0.29) is 29.4 Å². The molecule has 2 N–H and O–H groups in total. The third-order valence-electron chi connectivity index (χ3n) is 5.99. The fraction of sp³-hybridized carbons (Fsp3) is 0.333. The van der Waals surface area contributed by atoms with E-state index in [2.05, 4.69) is 32.1 Å². The fourth-order valence-electron chi connectivity index (χ4n) is 3.88. The van der Waals surface area contributed by atoms with E-state index in [1.807, 2.05) is 46.0 Å². The second-order valence-corrected chi connectivity index (χ2v) is 9.74. The van der Waals surface area contributed by atoms with E-state index in [0.717, 1.165) is 12.2 Å². The summed E-state index contributed by atoms with van der Waals surface area (Å²) in [6.45, 7) is 8.83. The van der Waals surface area contributed by atoms with Gasteiger partial charge in [-0.2, -0.15) is 0 Å². The Hall–Kier alpha value is -4.64. The zero-order valence-corrected chi connectivity index (χ0v) is 24.6. The van der Waals surface area contributed by atoms with Crippen LogP contribution in [-0.2, 0) is 4.79 Å². The minimum absolute atomic E-state index is 0.149. The van der Waals surface area contributed by atoms with Crippen molar-refractivity contribution in [3.63, 3.8) is 0 Å². The number of carbonyl (C=O) groups excluding carboxylic acids is 2. The molecular weight excluding hydrogens is 524 g/mol.